The first-order valence-electron chi connectivity index (χ1n) is 9.48. The maximum Gasteiger partial charge on any atom is 0.340 e. The Bertz CT molecular complexity index is 480. The van der Waals surface area contributed by atoms with E-state index in [1.165, 1.54) is 13.0 Å². The Balaban J connectivity index is 0.000000293. The molecule has 2 heterocycles. The zero-order valence-electron chi connectivity index (χ0n) is 16.3. The predicted octanol–water partition coefficient (Wildman–Crippen LogP) is 2.38. The fourth-order valence-electron chi connectivity index (χ4n) is 2.79. The van der Waals surface area contributed by atoms with Gasteiger partial charge in [-0.3, -0.25) is 4.90 Å². The molecule has 0 amide bonds. The van der Waals surface area contributed by atoms with Crippen molar-refractivity contribution in [3.05, 3.63) is 23.0 Å². The lowest BCUT2D eigenvalue weighted by Crippen LogP contribution is -2.36. The van der Waals surface area contributed by atoms with E-state index in [4.69, 9.17) is 9.47 Å². The van der Waals surface area contributed by atoms with Crippen molar-refractivity contribution < 1.29 is 14.3 Å². The first-order valence-corrected chi connectivity index (χ1v) is 9.48. The van der Waals surface area contributed by atoms with Gasteiger partial charge in [0, 0.05) is 37.9 Å². The minimum absolute atomic E-state index is 0.229. The number of esters is 1. The van der Waals surface area contributed by atoms with Crippen molar-refractivity contribution in [2.24, 2.45) is 0 Å². The van der Waals surface area contributed by atoms with E-state index in [2.05, 4.69) is 29.0 Å². The highest BCUT2D eigenvalue weighted by atomic mass is 16.5. The summed E-state index contributed by atoms with van der Waals surface area (Å²) in [4.78, 5) is 17.3. The molecule has 0 atom stereocenters. The van der Waals surface area contributed by atoms with E-state index < -0.39 is 0 Å². The van der Waals surface area contributed by atoms with Crippen LogP contribution >= 0.6 is 0 Å². The van der Waals surface area contributed by atoms with Crippen LogP contribution in [0.5, 0.6) is 0 Å². The van der Waals surface area contributed by atoms with Crippen molar-refractivity contribution >= 4 is 5.97 Å². The molecule has 2 N–H and O–H groups in total. The van der Waals surface area contributed by atoms with E-state index in [0.29, 0.717) is 12.2 Å². The number of aromatic nitrogens is 1. The van der Waals surface area contributed by atoms with Crippen LogP contribution in [0.2, 0.25) is 0 Å². The van der Waals surface area contributed by atoms with Crippen LogP contribution < -0.4 is 5.32 Å². The van der Waals surface area contributed by atoms with Gasteiger partial charge in [-0.2, -0.15) is 0 Å². The van der Waals surface area contributed by atoms with Crippen LogP contribution in [0.3, 0.4) is 0 Å². The lowest BCUT2D eigenvalue weighted by Gasteiger charge is -2.25. The molecule has 0 radical (unpaired) electrons. The highest BCUT2D eigenvalue weighted by Crippen LogP contribution is 2.15. The van der Waals surface area contributed by atoms with Gasteiger partial charge < -0.3 is 19.8 Å². The molecule has 25 heavy (non-hydrogen) atoms. The predicted molar refractivity (Wildman–Crippen MR) is 101 cm³/mol. The van der Waals surface area contributed by atoms with Crippen molar-refractivity contribution in [1.29, 1.82) is 0 Å². The molecule has 0 unspecified atom stereocenters. The fourth-order valence-corrected chi connectivity index (χ4v) is 2.79. The van der Waals surface area contributed by atoms with Gasteiger partial charge in [0.1, 0.15) is 0 Å². The SMILES string of the molecule is CCCN1CCOCC1.CCNCCc1[nH]cc(C)c1C(=O)OCC. The quantitative estimate of drug-likeness (QED) is 0.555. The van der Waals surface area contributed by atoms with Gasteiger partial charge in [-0.1, -0.05) is 13.8 Å². The Morgan fingerprint density at radius 2 is 2.04 bits per heavy atom. The smallest absolute Gasteiger partial charge is 0.340 e. The van der Waals surface area contributed by atoms with E-state index in [9.17, 15) is 4.79 Å². The molecule has 0 spiro atoms. The molecule has 1 aromatic heterocycles. The number of nitrogens with one attached hydrogen (secondary N) is 2. The van der Waals surface area contributed by atoms with Crippen LogP contribution in [0.25, 0.3) is 0 Å². The molecule has 144 valence electrons. The van der Waals surface area contributed by atoms with E-state index in [0.717, 1.165) is 57.1 Å². The Morgan fingerprint density at radius 3 is 2.64 bits per heavy atom. The minimum atomic E-state index is -0.229. The molecule has 1 aromatic rings. The van der Waals surface area contributed by atoms with E-state index >= 15 is 0 Å². The van der Waals surface area contributed by atoms with Gasteiger partial charge in [-0.25, -0.2) is 4.79 Å². The summed E-state index contributed by atoms with van der Waals surface area (Å²) in [6.07, 6.45) is 3.93. The number of carbonyl (C=O) groups is 1. The summed E-state index contributed by atoms with van der Waals surface area (Å²) in [6, 6.07) is 0. The summed E-state index contributed by atoms with van der Waals surface area (Å²) in [5.74, 6) is -0.229. The largest absolute Gasteiger partial charge is 0.462 e. The standard InChI is InChI=1S/C12H20N2O2.C7H15NO/c1-4-13-7-6-10-11(9(3)8-14-10)12(15)16-5-2;1-2-3-8-4-6-9-7-5-8/h8,13-14H,4-7H2,1-3H3;2-7H2,1H3. The third-order valence-corrected chi connectivity index (χ3v) is 4.08. The molecule has 2 rings (SSSR count). The average molecular weight is 354 g/mol. The molecular formula is C19H35N3O3. The number of hydrogen-bond acceptors (Lipinski definition) is 5. The number of nitrogens with zero attached hydrogens (tertiary/aromatic N) is 1. The first-order chi connectivity index (χ1) is 12.1. The van der Waals surface area contributed by atoms with Gasteiger partial charge in [0.2, 0.25) is 0 Å². The number of morpholine rings is 1. The number of ether oxygens (including phenoxy) is 2. The molecule has 0 aromatic carbocycles. The van der Waals surface area contributed by atoms with Gasteiger partial charge in [0.25, 0.3) is 0 Å². The lowest BCUT2D eigenvalue weighted by atomic mass is 10.1. The normalized spacial score (nSPS) is 14.7. The topological polar surface area (TPSA) is 66.6 Å². The monoisotopic (exact) mass is 353 g/mol. The second-order valence-corrected chi connectivity index (χ2v) is 6.10. The van der Waals surface area contributed by atoms with E-state index in [1.807, 2.05) is 20.0 Å². The summed E-state index contributed by atoms with van der Waals surface area (Å²) in [7, 11) is 0. The van der Waals surface area contributed by atoms with E-state index in [1.54, 1.807) is 0 Å². The third kappa shape index (κ3) is 8.03. The molecule has 1 aliphatic rings. The number of hydrogen-bond donors (Lipinski definition) is 2. The number of likely N-dealkylation sites (N-methyl/N-ethyl adjacent to an activating group) is 1. The summed E-state index contributed by atoms with van der Waals surface area (Å²) in [6.45, 7) is 15.6. The van der Waals surface area contributed by atoms with E-state index in [-0.39, 0.29) is 5.97 Å². The summed E-state index contributed by atoms with van der Waals surface area (Å²) in [5, 5.41) is 3.23. The van der Waals surface area contributed by atoms with Gasteiger partial charge in [0.05, 0.1) is 25.4 Å². The summed E-state index contributed by atoms with van der Waals surface area (Å²) >= 11 is 0. The molecule has 1 aliphatic heterocycles. The lowest BCUT2D eigenvalue weighted by molar-refractivity contribution is 0.0380. The first kappa shape index (κ1) is 21.7. The molecule has 0 saturated carbocycles. The van der Waals surface area contributed by atoms with Crippen molar-refractivity contribution in [1.82, 2.24) is 15.2 Å². The molecule has 6 nitrogen and oxygen atoms in total. The van der Waals surface area contributed by atoms with Gasteiger partial charge in [-0.15, -0.1) is 0 Å². The number of aromatic amines is 1. The van der Waals surface area contributed by atoms with Crippen LogP contribution in [0, 0.1) is 6.92 Å². The Hall–Kier alpha value is -1.37. The average Bonchev–Trinajstić information content (AvgIpc) is 2.98. The maximum atomic E-state index is 11.7. The fraction of sp³-hybridized carbons (Fsp3) is 0.737. The third-order valence-electron chi connectivity index (χ3n) is 4.08. The zero-order valence-corrected chi connectivity index (χ0v) is 16.3. The van der Waals surface area contributed by atoms with Crippen molar-refractivity contribution in [3.8, 4) is 0 Å². The Morgan fingerprint density at radius 1 is 1.32 bits per heavy atom. The zero-order chi connectivity index (χ0) is 18.5. The number of rotatable bonds is 8. The second kappa shape index (κ2) is 12.9. The molecule has 0 bridgehead atoms. The number of H-pyrrole nitrogens is 1. The highest BCUT2D eigenvalue weighted by Gasteiger charge is 2.16. The minimum Gasteiger partial charge on any atom is -0.462 e. The van der Waals surface area contributed by atoms with Crippen molar-refractivity contribution in [2.75, 3.05) is 52.5 Å². The Kier molecular flexibility index (Phi) is 11.2. The Labute approximate surface area is 152 Å². The molecule has 0 aliphatic carbocycles. The van der Waals surface area contributed by atoms with Gasteiger partial charge in [-0.05, 0) is 38.9 Å². The second-order valence-electron chi connectivity index (χ2n) is 6.10. The number of carbonyl (C=O) groups excluding carboxylic acids is 1. The van der Waals surface area contributed by atoms with Crippen LogP contribution in [0.1, 0.15) is 48.8 Å². The molecule has 6 heteroatoms. The summed E-state index contributed by atoms with van der Waals surface area (Å²) in [5.41, 5.74) is 2.60. The molecular weight excluding hydrogens is 318 g/mol. The molecule has 1 saturated heterocycles. The number of aryl methyl sites for hydroxylation is 1. The maximum absolute atomic E-state index is 11.7. The van der Waals surface area contributed by atoms with Gasteiger partial charge >= 0.3 is 5.97 Å². The van der Waals surface area contributed by atoms with Crippen LogP contribution in [-0.4, -0.2) is 68.4 Å². The van der Waals surface area contributed by atoms with Crippen LogP contribution in [0.15, 0.2) is 6.20 Å². The van der Waals surface area contributed by atoms with Crippen LogP contribution in [-0.2, 0) is 15.9 Å². The van der Waals surface area contributed by atoms with Crippen molar-refractivity contribution in [2.45, 2.75) is 40.5 Å². The summed E-state index contributed by atoms with van der Waals surface area (Å²) < 4.78 is 10.2. The van der Waals surface area contributed by atoms with Gasteiger partial charge in [0.15, 0.2) is 0 Å². The highest BCUT2D eigenvalue weighted by molar-refractivity contribution is 5.92. The van der Waals surface area contributed by atoms with Crippen molar-refractivity contribution in [3.63, 3.8) is 0 Å². The molecule has 1 fully saturated rings. The van der Waals surface area contributed by atoms with Crippen LogP contribution in [0.4, 0.5) is 0 Å².